The Labute approximate surface area is 102 Å². The molecule has 1 atom stereocenters. The van der Waals surface area contributed by atoms with E-state index in [1.54, 1.807) is 0 Å². The third-order valence-corrected chi connectivity index (χ3v) is 3.93. The molecule has 0 saturated heterocycles. The molecule has 1 aliphatic rings. The number of nitrogens with one attached hydrogen (secondary N) is 1. The minimum absolute atomic E-state index is 0.514. The maximum absolute atomic E-state index is 3.77. The first-order valence-corrected chi connectivity index (χ1v) is 6.90. The summed E-state index contributed by atoms with van der Waals surface area (Å²) in [7, 11) is 4.30. The van der Waals surface area contributed by atoms with Crippen LogP contribution in [0, 0.1) is 5.41 Å². The lowest BCUT2D eigenvalue weighted by atomic mass is 9.73. The van der Waals surface area contributed by atoms with Crippen molar-refractivity contribution >= 4 is 0 Å². The average Bonchev–Trinajstić information content (AvgIpc) is 2.19. The summed E-state index contributed by atoms with van der Waals surface area (Å²) in [5.41, 5.74) is 0.514. The predicted octanol–water partition coefficient (Wildman–Crippen LogP) is 2.89. The lowest BCUT2D eigenvalue weighted by Crippen LogP contribution is -2.44. The molecule has 0 heterocycles. The molecule has 0 amide bonds. The summed E-state index contributed by atoms with van der Waals surface area (Å²) in [5, 5.41) is 3.77. The fraction of sp³-hybridized carbons (Fsp3) is 1.00. The molecule has 0 aromatic carbocycles. The van der Waals surface area contributed by atoms with Crippen molar-refractivity contribution in [1.82, 2.24) is 10.2 Å². The molecule has 2 heteroatoms. The molecule has 1 unspecified atom stereocenters. The molecule has 1 rings (SSSR count). The van der Waals surface area contributed by atoms with Crippen LogP contribution in [0.2, 0.25) is 0 Å². The van der Waals surface area contributed by atoms with Gasteiger partial charge >= 0.3 is 0 Å². The summed E-state index contributed by atoms with van der Waals surface area (Å²) in [6.07, 6.45) is 8.23. The summed E-state index contributed by atoms with van der Waals surface area (Å²) >= 11 is 0. The van der Waals surface area contributed by atoms with Crippen LogP contribution in [0.3, 0.4) is 0 Å². The van der Waals surface area contributed by atoms with Gasteiger partial charge in [-0.3, -0.25) is 0 Å². The monoisotopic (exact) mass is 226 g/mol. The van der Waals surface area contributed by atoms with Crippen molar-refractivity contribution in [1.29, 1.82) is 0 Å². The summed E-state index contributed by atoms with van der Waals surface area (Å²) in [6, 6.07) is 0.751. The summed E-state index contributed by atoms with van der Waals surface area (Å²) in [6.45, 7) is 7.25. The molecule has 96 valence electrons. The molecule has 0 spiro atoms. The smallest absolute Gasteiger partial charge is 0.0118 e. The van der Waals surface area contributed by atoms with Crippen molar-refractivity contribution < 1.29 is 0 Å². The number of hydrogen-bond acceptors (Lipinski definition) is 2. The standard InChI is InChI=1S/C14H30N2/c1-14(2)10-6-5-9-13(14)15-11-7-8-12-16(3)4/h13,15H,5-12H2,1-4H3. The Kier molecular flexibility index (Phi) is 5.77. The molecule has 0 aromatic rings. The number of unbranched alkanes of at least 4 members (excludes halogenated alkanes) is 1. The molecular formula is C14H30N2. The Morgan fingerprint density at radius 1 is 1.19 bits per heavy atom. The summed E-state index contributed by atoms with van der Waals surface area (Å²) in [5.74, 6) is 0. The van der Waals surface area contributed by atoms with Gasteiger partial charge in [0.05, 0.1) is 0 Å². The highest BCUT2D eigenvalue weighted by atomic mass is 15.0. The van der Waals surface area contributed by atoms with E-state index in [-0.39, 0.29) is 0 Å². The van der Waals surface area contributed by atoms with Crippen LogP contribution in [-0.2, 0) is 0 Å². The van der Waals surface area contributed by atoms with E-state index < -0.39 is 0 Å². The quantitative estimate of drug-likeness (QED) is 0.701. The molecule has 1 N–H and O–H groups in total. The Morgan fingerprint density at radius 3 is 2.56 bits per heavy atom. The van der Waals surface area contributed by atoms with Crippen molar-refractivity contribution in [2.75, 3.05) is 27.2 Å². The van der Waals surface area contributed by atoms with E-state index in [0.29, 0.717) is 5.41 Å². The van der Waals surface area contributed by atoms with Crippen molar-refractivity contribution in [2.24, 2.45) is 5.41 Å². The third kappa shape index (κ3) is 4.84. The van der Waals surface area contributed by atoms with Crippen LogP contribution in [-0.4, -0.2) is 38.1 Å². The van der Waals surface area contributed by atoms with Gasteiger partial charge in [-0.25, -0.2) is 0 Å². The van der Waals surface area contributed by atoms with E-state index in [1.165, 1.54) is 51.6 Å². The largest absolute Gasteiger partial charge is 0.313 e. The SMILES string of the molecule is CN(C)CCCCNC1CCCCC1(C)C. The van der Waals surface area contributed by atoms with Crippen LogP contribution < -0.4 is 5.32 Å². The Hall–Kier alpha value is -0.0800. The molecule has 0 aliphatic heterocycles. The number of nitrogens with zero attached hydrogens (tertiary/aromatic N) is 1. The van der Waals surface area contributed by atoms with Crippen LogP contribution in [0.1, 0.15) is 52.4 Å². The van der Waals surface area contributed by atoms with Crippen LogP contribution >= 0.6 is 0 Å². The van der Waals surface area contributed by atoms with Crippen molar-refractivity contribution in [3.8, 4) is 0 Å². The summed E-state index contributed by atoms with van der Waals surface area (Å²) in [4.78, 5) is 2.27. The van der Waals surface area contributed by atoms with E-state index in [0.717, 1.165) is 6.04 Å². The maximum Gasteiger partial charge on any atom is 0.0118 e. The Balaban J connectivity index is 2.11. The zero-order chi connectivity index (χ0) is 12.0. The van der Waals surface area contributed by atoms with Crippen molar-refractivity contribution in [3.05, 3.63) is 0 Å². The van der Waals surface area contributed by atoms with Crippen LogP contribution in [0.5, 0.6) is 0 Å². The third-order valence-electron chi connectivity index (χ3n) is 3.93. The van der Waals surface area contributed by atoms with Gasteiger partial charge in [-0.15, -0.1) is 0 Å². The van der Waals surface area contributed by atoms with Gasteiger partial charge in [-0.1, -0.05) is 26.7 Å². The van der Waals surface area contributed by atoms with Crippen molar-refractivity contribution in [2.45, 2.75) is 58.4 Å². The molecule has 0 radical (unpaired) electrons. The molecule has 16 heavy (non-hydrogen) atoms. The molecule has 2 nitrogen and oxygen atoms in total. The first-order valence-electron chi connectivity index (χ1n) is 6.90. The first-order chi connectivity index (χ1) is 7.52. The molecular weight excluding hydrogens is 196 g/mol. The van der Waals surface area contributed by atoms with Gasteiger partial charge < -0.3 is 10.2 Å². The Morgan fingerprint density at radius 2 is 1.94 bits per heavy atom. The highest BCUT2D eigenvalue weighted by molar-refractivity contribution is 4.87. The molecule has 0 bridgehead atoms. The van der Waals surface area contributed by atoms with E-state index in [1.807, 2.05) is 0 Å². The normalized spacial score (nSPS) is 24.9. The zero-order valence-corrected chi connectivity index (χ0v) is 11.7. The van der Waals surface area contributed by atoms with Crippen LogP contribution in [0.4, 0.5) is 0 Å². The minimum atomic E-state index is 0.514. The number of hydrogen-bond donors (Lipinski definition) is 1. The second-order valence-electron chi connectivity index (χ2n) is 6.25. The maximum atomic E-state index is 3.77. The predicted molar refractivity (Wildman–Crippen MR) is 71.8 cm³/mol. The van der Waals surface area contributed by atoms with Crippen molar-refractivity contribution in [3.63, 3.8) is 0 Å². The van der Waals surface area contributed by atoms with E-state index >= 15 is 0 Å². The summed E-state index contributed by atoms with van der Waals surface area (Å²) < 4.78 is 0. The first kappa shape index (κ1) is 14.0. The van der Waals surface area contributed by atoms with Crippen LogP contribution in [0.15, 0.2) is 0 Å². The molecule has 1 saturated carbocycles. The van der Waals surface area contributed by atoms with Gasteiger partial charge in [-0.05, 0) is 58.3 Å². The van der Waals surface area contributed by atoms with Gasteiger partial charge in [0.1, 0.15) is 0 Å². The van der Waals surface area contributed by atoms with E-state index in [9.17, 15) is 0 Å². The fourth-order valence-corrected chi connectivity index (χ4v) is 2.70. The van der Waals surface area contributed by atoms with Gasteiger partial charge in [0.2, 0.25) is 0 Å². The van der Waals surface area contributed by atoms with Gasteiger partial charge in [0.25, 0.3) is 0 Å². The zero-order valence-electron chi connectivity index (χ0n) is 11.7. The lowest BCUT2D eigenvalue weighted by Gasteiger charge is -2.39. The van der Waals surface area contributed by atoms with Crippen LogP contribution in [0.25, 0.3) is 0 Å². The highest BCUT2D eigenvalue weighted by Crippen LogP contribution is 2.35. The van der Waals surface area contributed by atoms with Gasteiger partial charge in [0.15, 0.2) is 0 Å². The minimum Gasteiger partial charge on any atom is -0.313 e. The lowest BCUT2D eigenvalue weighted by molar-refractivity contribution is 0.167. The highest BCUT2D eigenvalue weighted by Gasteiger charge is 2.31. The second-order valence-corrected chi connectivity index (χ2v) is 6.25. The molecule has 0 aromatic heterocycles. The second kappa shape index (κ2) is 6.61. The fourth-order valence-electron chi connectivity index (χ4n) is 2.70. The van der Waals surface area contributed by atoms with E-state index in [2.05, 4.69) is 38.2 Å². The molecule has 1 fully saturated rings. The average molecular weight is 226 g/mol. The topological polar surface area (TPSA) is 15.3 Å². The van der Waals surface area contributed by atoms with Gasteiger partial charge in [-0.2, -0.15) is 0 Å². The molecule has 1 aliphatic carbocycles. The Bertz CT molecular complexity index is 187. The van der Waals surface area contributed by atoms with Gasteiger partial charge in [0, 0.05) is 6.04 Å². The number of rotatable bonds is 6. The van der Waals surface area contributed by atoms with E-state index in [4.69, 9.17) is 0 Å².